The molecule has 0 spiro atoms. The van der Waals surface area contributed by atoms with Crippen LogP contribution in [0.25, 0.3) is 0 Å². The highest BCUT2D eigenvalue weighted by atomic mass is 16.6. The van der Waals surface area contributed by atoms with Crippen molar-refractivity contribution in [1.82, 2.24) is 20.2 Å². The number of ether oxygens (including phenoxy) is 1. The molecule has 0 atom stereocenters. The number of carbonyl (C=O) groups excluding carboxylic acids is 1. The van der Waals surface area contributed by atoms with Crippen LogP contribution in [0.4, 0.5) is 4.79 Å². The number of nitrogens with zero attached hydrogens (tertiary/aromatic N) is 2. The Labute approximate surface area is 132 Å². The number of imidazole rings is 1. The summed E-state index contributed by atoms with van der Waals surface area (Å²) < 4.78 is 5.43. The maximum absolute atomic E-state index is 12.1. The van der Waals surface area contributed by atoms with Gasteiger partial charge in [-0.3, -0.25) is 0 Å². The van der Waals surface area contributed by atoms with Crippen molar-refractivity contribution in [1.29, 1.82) is 0 Å². The summed E-state index contributed by atoms with van der Waals surface area (Å²) in [6.45, 7) is 6.46. The van der Waals surface area contributed by atoms with Crippen molar-refractivity contribution in [2.45, 2.75) is 70.7 Å². The Bertz CT molecular complexity index is 459. The summed E-state index contributed by atoms with van der Waals surface area (Å²) in [5.41, 5.74) is -0.437. The fourth-order valence-electron chi connectivity index (χ4n) is 2.79. The van der Waals surface area contributed by atoms with E-state index in [0.717, 1.165) is 38.1 Å². The zero-order valence-electron chi connectivity index (χ0n) is 14.1. The fourth-order valence-corrected chi connectivity index (χ4v) is 2.79. The lowest BCUT2D eigenvalue weighted by molar-refractivity contribution is 0.0179. The second-order valence-corrected chi connectivity index (χ2v) is 7.01. The molecule has 1 aliphatic rings. The average molecular weight is 308 g/mol. The molecule has 0 aliphatic heterocycles. The lowest BCUT2D eigenvalue weighted by Crippen LogP contribution is -2.44. The summed E-state index contributed by atoms with van der Waals surface area (Å²) in [7, 11) is 1.84. The second kappa shape index (κ2) is 7.13. The zero-order chi connectivity index (χ0) is 16.2. The summed E-state index contributed by atoms with van der Waals surface area (Å²) >= 11 is 0. The second-order valence-electron chi connectivity index (χ2n) is 7.01. The Balaban J connectivity index is 1.73. The summed E-state index contributed by atoms with van der Waals surface area (Å²) in [6.07, 6.45) is 7.53. The molecule has 0 aromatic carbocycles. The Morgan fingerprint density at radius 3 is 2.64 bits per heavy atom. The lowest BCUT2D eigenvalue weighted by atomic mass is 9.90. The molecule has 6 heteroatoms. The fraction of sp³-hybridized carbons (Fsp3) is 0.750. The van der Waals surface area contributed by atoms with Gasteiger partial charge in [-0.1, -0.05) is 0 Å². The summed E-state index contributed by atoms with van der Waals surface area (Å²) in [5.74, 6) is 0.966. The molecule has 0 saturated heterocycles. The van der Waals surface area contributed by atoms with Gasteiger partial charge in [0.25, 0.3) is 0 Å². The molecule has 0 bridgehead atoms. The highest BCUT2D eigenvalue weighted by molar-refractivity contribution is 5.68. The Morgan fingerprint density at radius 1 is 1.41 bits per heavy atom. The number of aromatic amines is 1. The first-order valence-electron chi connectivity index (χ1n) is 8.02. The number of nitrogens with one attached hydrogen (secondary N) is 2. The van der Waals surface area contributed by atoms with Crippen LogP contribution in [0.2, 0.25) is 0 Å². The Hall–Kier alpha value is -1.56. The average Bonchev–Trinajstić information content (AvgIpc) is 2.96. The molecule has 1 amide bonds. The summed E-state index contributed by atoms with van der Waals surface area (Å²) in [5, 5.41) is 3.52. The monoisotopic (exact) mass is 308 g/mol. The molecule has 6 nitrogen and oxygen atoms in total. The minimum Gasteiger partial charge on any atom is -0.444 e. The molecule has 1 aromatic rings. The molecule has 1 fully saturated rings. The van der Waals surface area contributed by atoms with Crippen LogP contribution in [0, 0.1) is 0 Å². The number of hydrogen-bond donors (Lipinski definition) is 2. The van der Waals surface area contributed by atoms with Gasteiger partial charge in [0.2, 0.25) is 0 Å². The predicted octanol–water partition coefficient (Wildman–Crippen LogP) is 2.68. The summed E-state index contributed by atoms with van der Waals surface area (Å²) in [6, 6.07) is 0.768. The third kappa shape index (κ3) is 5.02. The van der Waals surface area contributed by atoms with E-state index in [1.807, 2.05) is 34.0 Å². The van der Waals surface area contributed by atoms with E-state index in [1.54, 1.807) is 11.1 Å². The molecule has 1 heterocycles. The third-order valence-corrected chi connectivity index (χ3v) is 4.04. The molecule has 1 aliphatic carbocycles. The molecular formula is C16H28N4O2. The van der Waals surface area contributed by atoms with Crippen molar-refractivity contribution in [3.05, 3.63) is 18.2 Å². The molecular weight excluding hydrogens is 280 g/mol. The van der Waals surface area contributed by atoms with Gasteiger partial charge in [0.15, 0.2) is 0 Å². The molecule has 124 valence electrons. The number of rotatable bonds is 4. The van der Waals surface area contributed by atoms with Crippen LogP contribution in [0.1, 0.15) is 52.3 Å². The Morgan fingerprint density at radius 2 is 2.09 bits per heavy atom. The van der Waals surface area contributed by atoms with Crippen LogP contribution < -0.4 is 5.32 Å². The highest BCUT2D eigenvalue weighted by Crippen LogP contribution is 2.24. The quantitative estimate of drug-likeness (QED) is 0.897. The topological polar surface area (TPSA) is 70.2 Å². The molecule has 2 rings (SSSR count). The first kappa shape index (κ1) is 16.8. The Kier molecular flexibility index (Phi) is 5.45. The smallest absolute Gasteiger partial charge is 0.410 e. The molecule has 22 heavy (non-hydrogen) atoms. The van der Waals surface area contributed by atoms with Gasteiger partial charge >= 0.3 is 6.09 Å². The normalized spacial score (nSPS) is 22.4. The van der Waals surface area contributed by atoms with Crippen molar-refractivity contribution >= 4 is 6.09 Å². The van der Waals surface area contributed by atoms with Gasteiger partial charge in [0.05, 0.1) is 6.54 Å². The van der Waals surface area contributed by atoms with Crippen molar-refractivity contribution < 1.29 is 9.53 Å². The van der Waals surface area contributed by atoms with Crippen LogP contribution in [-0.2, 0) is 11.3 Å². The minimum absolute atomic E-state index is 0.223. The van der Waals surface area contributed by atoms with Crippen molar-refractivity contribution in [2.24, 2.45) is 0 Å². The van der Waals surface area contributed by atoms with Crippen LogP contribution in [0.5, 0.6) is 0 Å². The van der Waals surface area contributed by atoms with Gasteiger partial charge in [-0.25, -0.2) is 9.78 Å². The van der Waals surface area contributed by atoms with E-state index in [-0.39, 0.29) is 12.1 Å². The van der Waals surface area contributed by atoms with E-state index in [4.69, 9.17) is 4.74 Å². The molecule has 0 unspecified atom stereocenters. The number of aromatic nitrogens is 2. The number of carbonyl (C=O) groups is 1. The molecule has 0 radical (unpaired) electrons. The molecule has 1 aromatic heterocycles. The zero-order valence-corrected chi connectivity index (χ0v) is 14.1. The van der Waals surface area contributed by atoms with Gasteiger partial charge < -0.3 is 19.9 Å². The van der Waals surface area contributed by atoms with Crippen molar-refractivity contribution in [3.63, 3.8) is 0 Å². The van der Waals surface area contributed by atoms with E-state index in [2.05, 4.69) is 15.3 Å². The number of H-pyrrole nitrogens is 1. The van der Waals surface area contributed by atoms with Crippen molar-refractivity contribution in [3.8, 4) is 0 Å². The van der Waals surface area contributed by atoms with E-state index in [9.17, 15) is 4.79 Å². The maximum Gasteiger partial charge on any atom is 0.410 e. The highest BCUT2D eigenvalue weighted by Gasteiger charge is 2.29. The first-order chi connectivity index (χ1) is 10.3. The molecule has 2 N–H and O–H groups in total. The van der Waals surface area contributed by atoms with Gasteiger partial charge in [-0.05, 0) is 46.5 Å². The van der Waals surface area contributed by atoms with Gasteiger partial charge in [0.1, 0.15) is 11.4 Å². The maximum atomic E-state index is 12.1. The minimum atomic E-state index is -0.437. The van der Waals surface area contributed by atoms with Crippen LogP contribution in [-0.4, -0.2) is 45.7 Å². The predicted molar refractivity (Wildman–Crippen MR) is 85.5 cm³/mol. The standard InChI is InChI=1S/C16H28N4O2/c1-16(2,3)22-15(21)20(4)13-7-5-12(6-8-13)19-11-14-17-9-10-18-14/h9-10,12-13,19H,5-8,11H2,1-4H3,(H,17,18). The third-order valence-electron chi connectivity index (χ3n) is 4.04. The van der Waals surface area contributed by atoms with Crippen molar-refractivity contribution in [2.75, 3.05) is 7.05 Å². The van der Waals surface area contributed by atoms with Crippen LogP contribution in [0.3, 0.4) is 0 Å². The van der Waals surface area contributed by atoms with Crippen LogP contribution in [0.15, 0.2) is 12.4 Å². The SMILES string of the molecule is CN(C(=O)OC(C)(C)C)C1CCC(NCc2ncc[nH]2)CC1. The largest absolute Gasteiger partial charge is 0.444 e. The summed E-state index contributed by atoms with van der Waals surface area (Å²) in [4.78, 5) is 21.2. The first-order valence-corrected chi connectivity index (χ1v) is 8.02. The number of hydrogen-bond acceptors (Lipinski definition) is 4. The van der Waals surface area contributed by atoms with Gasteiger partial charge in [-0.15, -0.1) is 0 Å². The molecule has 1 saturated carbocycles. The van der Waals surface area contributed by atoms with E-state index in [1.165, 1.54) is 0 Å². The van der Waals surface area contributed by atoms with E-state index in [0.29, 0.717) is 6.04 Å². The van der Waals surface area contributed by atoms with Gasteiger partial charge in [-0.2, -0.15) is 0 Å². The van der Waals surface area contributed by atoms with Crippen LogP contribution >= 0.6 is 0 Å². The van der Waals surface area contributed by atoms with E-state index < -0.39 is 5.60 Å². The lowest BCUT2D eigenvalue weighted by Gasteiger charge is -2.35. The van der Waals surface area contributed by atoms with Gasteiger partial charge in [0, 0.05) is 31.5 Å². The number of amides is 1. The van der Waals surface area contributed by atoms with E-state index >= 15 is 0 Å².